The lowest BCUT2D eigenvalue weighted by Crippen LogP contribution is -2.36. The van der Waals surface area contributed by atoms with Crippen molar-refractivity contribution in [3.63, 3.8) is 0 Å². The van der Waals surface area contributed by atoms with E-state index < -0.39 is 17.1 Å². The third-order valence-corrected chi connectivity index (χ3v) is 4.84. The minimum atomic E-state index is -1.17. The van der Waals surface area contributed by atoms with E-state index in [1.165, 1.54) is 0 Å². The van der Waals surface area contributed by atoms with Gasteiger partial charge in [-0.15, -0.1) is 0 Å². The molecule has 0 bridgehead atoms. The molecule has 0 aliphatic heterocycles. The summed E-state index contributed by atoms with van der Waals surface area (Å²) in [4.78, 5) is 14.7. The summed E-state index contributed by atoms with van der Waals surface area (Å²) in [7, 11) is -1.17. The molecule has 1 aliphatic rings. The van der Waals surface area contributed by atoms with Gasteiger partial charge in [-0.05, 0) is 57.2 Å². The Balaban J connectivity index is 2.18. The Morgan fingerprint density at radius 2 is 2.14 bits per heavy atom. The van der Waals surface area contributed by atoms with Crippen LogP contribution in [0, 0.1) is 5.92 Å². The molecule has 7 heteroatoms. The van der Waals surface area contributed by atoms with Crippen LogP contribution in [0.15, 0.2) is 18.3 Å². The van der Waals surface area contributed by atoms with Crippen LogP contribution in [-0.2, 0) is 11.0 Å². The van der Waals surface area contributed by atoms with Crippen LogP contribution in [0.25, 0.3) is 0 Å². The molecule has 116 valence electrons. The zero-order valence-corrected chi connectivity index (χ0v) is 13.2. The Bertz CT molecular complexity index is 553. The zero-order valence-electron chi connectivity index (χ0n) is 12.4. The smallest absolute Gasteiger partial charge is 0.410 e. The van der Waals surface area contributed by atoms with Gasteiger partial charge in [0.05, 0.1) is 15.7 Å². The zero-order chi connectivity index (χ0) is 15.6. The van der Waals surface area contributed by atoms with Crippen molar-refractivity contribution in [2.45, 2.75) is 44.4 Å². The first-order valence-electron chi connectivity index (χ1n) is 6.91. The first-order chi connectivity index (χ1) is 9.77. The summed E-state index contributed by atoms with van der Waals surface area (Å²) >= 11 is 0. The summed E-state index contributed by atoms with van der Waals surface area (Å²) in [6.07, 6.45) is 2.60. The van der Waals surface area contributed by atoms with Gasteiger partial charge in [0, 0.05) is 12.2 Å². The molecule has 1 aliphatic carbocycles. The highest BCUT2D eigenvalue weighted by atomic mass is 32.2. The van der Waals surface area contributed by atoms with Crippen LogP contribution in [0.5, 0.6) is 0 Å². The summed E-state index contributed by atoms with van der Waals surface area (Å²) in [5, 5.41) is 11.0. The van der Waals surface area contributed by atoms with Crippen molar-refractivity contribution in [2.75, 3.05) is 5.32 Å². The standard InChI is InChI=1S/C14H21N3O3S/c1-14(2,3)21(20)17-12(9-4-5-9)10-6-7-15-11(8-10)16-13(18)19/h6-9,12,17H,4-5H2,1-3H3,(H,15,16)(H,18,19)/t12?,21-/m1/s1. The lowest BCUT2D eigenvalue weighted by Gasteiger charge is -2.24. The van der Waals surface area contributed by atoms with E-state index in [0.717, 1.165) is 18.4 Å². The molecule has 6 nitrogen and oxygen atoms in total. The summed E-state index contributed by atoms with van der Waals surface area (Å²) in [6, 6.07) is 3.50. The maximum atomic E-state index is 12.3. The fourth-order valence-corrected chi connectivity index (χ4v) is 2.89. The molecule has 1 unspecified atom stereocenters. The molecule has 0 spiro atoms. The van der Waals surface area contributed by atoms with E-state index in [0.29, 0.717) is 5.92 Å². The molecular weight excluding hydrogens is 290 g/mol. The number of nitrogens with one attached hydrogen (secondary N) is 2. The normalized spacial score (nSPS) is 18.0. The lowest BCUT2D eigenvalue weighted by molar-refractivity contribution is 0.209. The van der Waals surface area contributed by atoms with Crippen molar-refractivity contribution in [1.82, 2.24) is 9.71 Å². The van der Waals surface area contributed by atoms with Crippen LogP contribution in [0.1, 0.15) is 45.2 Å². The van der Waals surface area contributed by atoms with E-state index in [4.69, 9.17) is 5.11 Å². The molecule has 3 N–H and O–H groups in total. The molecule has 1 heterocycles. The molecule has 0 aromatic carbocycles. The number of carboxylic acid groups (broad SMARTS) is 1. The molecule has 21 heavy (non-hydrogen) atoms. The van der Waals surface area contributed by atoms with Crippen LogP contribution < -0.4 is 10.0 Å². The van der Waals surface area contributed by atoms with Crippen molar-refractivity contribution < 1.29 is 14.1 Å². The number of rotatable bonds is 5. The fraction of sp³-hybridized carbons (Fsp3) is 0.571. The van der Waals surface area contributed by atoms with Gasteiger partial charge in [0.15, 0.2) is 0 Å². The summed E-state index contributed by atoms with van der Waals surface area (Å²) in [5.74, 6) is 0.727. The van der Waals surface area contributed by atoms with E-state index in [2.05, 4.69) is 15.0 Å². The predicted molar refractivity (Wildman–Crippen MR) is 82.4 cm³/mol. The van der Waals surface area contributed by atoms with Crippen molar-refractivity contribution in [3.05, 3.63) is 23.9 Å². The van der Waals surface area contributed by atoms with Crippen LogP contribution in [0.4, 0.5) is 10.6 Å². The second kappa shape index (κ2) is 6.11. The maximum absolute atomic E-state index is 12.3. The summed E-state index contributed by atoms with van der Waals surface area (Å²) < 4.78 is 15.2. The van der Waals surface area contributed by atoms with Crippen molar-refractivity contribution >= 4 is 22.9 Å². The average molecular weight is 311 g/mol. The number of carbonyl (C=O) groups is 1. The fourth-order valence-electron chi connectivity index (χ4n) is 1.98. The Morgan fingerprint density at radius 1 is 1.48 bits per heavy atom. The van der Waals surface area contributed by atoms with Gasteiger partial charge in [0.2, 0.25) is 0 Å². The highest BCUT2D eigenvalue weighted by Crippen LogP contribution is 2.41. The highest BCUT2D eigenvalue weighted by molar-refractivity contribution is 7.84. The largest absolute Gasteiger partial charge is 0.465 e. The van der Waals surface area contributed by atoms with Gasteiger partial charge in [-0.25, -0.2) is 18.7 Å². The number of anilines is 1. The molecule has 0 saturated heterocycles. The molecule has 1 aromatic heterocycles. The van der Waals surface area contributed by atoms with Gasteiger partial charge in [0.25, 0.3) is 0 Å². The highest BCUT2D eigenvalue weighted by Gasteiger charge is 2.35. The van der Waals surface area contributed by atoms with Gasteiger partial charge < -0.3 is 5.11 Å². The minimum absolute atomic E-state index is 0.0394. The quantitative estimate of drug-likeness (QED) is 0.779. The van der Waals surface area contributed by atoms with E-state index in [-0.39, 0.29) is 16.6 Å². The van der Waals surface area contributed by atoms with E-state index >= 15 is 0 Å². The monoisotopic (exact) mass is 311 g/mol. The summed E-state index contributed by atoms with van der Waals surface area (Å²) in [6.45, 7) is 5.76. The van der Waals surface area contributed by atoms with E-state index in [9.17, 15) is 9.00 Å². The minimum Gasteiger partial charge on any atom is -0.465 e. The Kier molecular flexibility index (Phi) is 4.63. The Labute approximate surface area is 126 Å². The van der Waals surface area contributed by atoms with E-state index in [1.54, 1.807) is 12.3 Å². The van der Waals surface area contributed by atoms with Gasteiger partial charge in [0.1, 0.15) is 5.82 Å². The maximum Gasteiger partial charge on any atom is 0.410 e. The van der Waals surface area contributed by atoms with Crippen molar-refractivity contribution in [2.24, 2.45) is 5.92 Å². The van der Waals surface area contributed by atoms with Gasteiger partial charge in [-0.1, -0.05) is 0 Å². The van der Waals surface area contributed by atoms with Gasteiger partial charge in [-0.2, -0.15) is 0 Å². The predicted octanol–water partition coefficient (Wildman–Crippen LogP) is 2.67. The molecule has 1 saturated carbocycles. The van der Waals surface area contributed by atoms with Crippen molar-refractivity contribution in [1.29, 1.82) is 0 Å². The number of aromatic nitrogens is 1. The van der Waals surface area contributed by atoms with Crippen LogP contribution in [0.2, 0.25) is 0 Å². The average Bonchev–Trinajstić information content (AvgIpc) is 3.18. The van der Waals surface area contributed by atoms with Crippen molar-refractivity contribution in [3.8, 4) is 0 Å². The number of pyridine rings is 1. The molecule has 2 atom stereocenters. The first-order valence-corrected chi connectivity index (χ1v) is 8.06. The third kappa shape index (κ3) is 4.50. The molecule has 0 radical (unpaired) electrons. The topological polar surface area (TPSA) is 91.3 Å². The number of hydrogen-bond acceptors (Lipinski definition) is 3. The third-order valence-electron chi connectivity index (χ3n) is 3.26. The molecule has 1 aromatic rings. The number of amides is 1. The Morgan fingerprint density at radius 3 is 2.67 bits per heavy atom. The van der Waals surface area contributed by atoms with Gasteiger partial charge in [-0.3, -0.25) is 5.32 Å². The lowest BCUT2D eigenvalue weighted by atomic mass is 10.1. The molecule has 1 fully saturated rings. The van der Waals surface area contributed by atoms with Crippen LogP contribution in [-0.4, -0.2) is 25.1 Å². The SMILES string of the molecule is CC(C)(C)[S@@](=O)NC(c1ccnc(NC(=O)O)c1)C1CC1. The first kappa shape index (κ1) is 15.9. The van der Waals surface area contributed by atoms with E-state index in [1.807, 2.05) is 26.8 Å². The molecular formula is C14H21N3O3S. The number of nitrogens with zero attached hydrogens (tertiary/aromatic N) is 1. The van der Waals surface area contributed by atoms with Crippen LogP contribution >= 0.6 is 0 Å². The molecule has 2 rings (SSSR count). The summed E-state index contributed by atoms with van der Waals surface area (Å²) in [5.41, 5.74) is 0.911. The van der Waals surface area contributed by atoms with Gasteiger partial charge >= 0.3 is 6.09 Å². The molecule has 1 amide bonds. The number of hydrogen-bond donors (Lipinski definition) is 3. The second-order valence-electron chi connectivity index (χ2n) is 6.22. The van der Waals surface area contributed by atoms with Crippen LogP contribution in [0.3, 0.4) is 0 Å². The second-order valence-corrected chi connectivity index (χ2v) is 8.22. The Hall–Kier alpha value is -1.47.